The van der Waals surface area contributed by atoms with E-state index >= 15 is 0 Å². The van der Waals surface area contributed by atoms with Crippen LogP contribution in [0.25, 0.3) is 0 Å². The molecular weight excluding hydrogens is 248 g/mol. The summed E-state index contributed by atoms with van der Waals surface area (Å²) in [5, 5.41) is 9.30. The number of hydrogen-bond donors (Lipinski definition) is 0. The number of rotatable bonds is 2. The molecule has 1 aliphatic carbocycles. The second-order valence-corrected chi connectivity index (χ2v) is 6.19. The number of piperidine rings is 1. The lowest BCUT2D eigenvalue weighted by molar-refractivity contribution is 0.226. The van der Waals surface area contributed by atoms with Gasteiger partial charge < -0.3 is 9.64 Å². The van der Waals surface area contributed by atoms with Crippen LogP contribution in [0, 0.1) is 16.7 Å². The Balaban J connectivity index is 1.79. The van der Waals surface area contributed by atoms with Crippen LogP contribution in [0.3, 0.4) is 0 Å². The fourth-order valence-corrected chi connectivity index (χ4v) is 3.84. The van der Waals surface area contributed by atoms with Crippen molar-refractivity contribution >= 4 is 5.69 Å². The molecule has 0 amide bonds. The number of methoxy groups -OCH3 is 1. The Labute approximate surface area is 121 Å². The first-order valence-electron chi connectivity index (χ1n) is 7.59. The molecule has 1 aromatic carbocycles. The molecule has 0 unspecified atom stereocenters. The largest absolute Gasteiger partial charge is 0.497 e. The van der Waals surface area contributed by atoms with Gasteiger partial charge >= 0.3 is 0 Å². The molecule has 2 fully saturated rings. The van der Waals surface area contributed by atoms with Gasteiger partial charge in [-0.3, -0.25) is 0 Å². The van der Waals surface area contributed by atoms with Gasteiger partial charge in [0, 0.05) is 19.2 Å². The zero-order chi connectivity index (χ0) is 14.0. The SMILES string of the molecule is COc1ccc(C#N)c(N2CCC3(CCCC3)CC2)c1. The Morgan fingerprint density at radius 2 is 1.85 bits per heavy atom. The smallest absolute Gasteiger partial charge is 0.121 e. The topological polar surface area (TPSA) is 36.3 Å². The van der Waals surface area contributed by atoms with Crippen LogP contribution >= 0.6 is 0 Å². The molecule has 0 bridgehead atoms. The van der Waals surface area contributed by atoms with E-state index in [1.807, 2.05) is 18.2 Å². The van der Waals surface area contributed by atoms with Gasteiger partial charge in [-0.2, -0.15) is 5.26 Å². The van der Waals surface area contributed by atoms with E-state index in [4.69, 9.17) is 4.74 Å². The summed E-state index contributed by atoms with van der Waals surface area (Å²) in [6, 6.07) is 8.05. The predicted molar refractivity (Wildman–Crippen MR) is 80.1 cm³/mol. The van der Waals surface area contributed by atoms with E-state index in [2.05, 4.69) is 11.0 Å². The fourth-order valence-electron chi connectivity index (χ4n) is 3.84. The number of anilines is 1. The summed E-state index contributed by atoms with van der Waals surface area (Å²) in [6.07, 6.45) is 8.17. The van der Waals surface area contributed by atoms with E-state index in [0.29, 0.717) is 5.41 Å². The third kappa shape index (κ3) is 2.35. The first kappa shape index (κ1) is 13.3. The molecule has 20 heavy (non-hydrogen) atoms. The number of benzene rings is 1. The highest BCUT2D eigenvalue weighted by atomic mass is 16.5. The van der Waals surface area contributed by atoms with Crippen molar-refractivity contribution in [3.63, 3.8) is 0 Å². The second kappa shape index (κ2) is 5.36. The van der Waals surface area contributed by atoms with E-state index in [-0.39, 0.29) is 0 Å². The molecule has 3 rings (SSSR count). The van der Waals surface area contributed by atoms with Gasteiger partial charge in [-0.1, -0.05) is 12.8 Å². The van der Waals surface area contributed by atoms with Crippen molar-refractivity contribution in [2.75, 3.05) is 25.1 Å². The lowest BCUT2D eigenvalue weighted by atomic mass is 9.77. The van der Waals surface area contributed by atoms with Crippen molar-refractivity contribution in [3.8, 4) is 11.8 Å². The van der Waals surface area contributed by atoms with Crippen molar-refractivity contribution in [1.29, 1.82) is 5.26 Å². The molecule has 1 saturated heterocycles. The summed E-state index contributed by atoms with van der Waals surface area (Å²) in [5.74, 6) is 0.833. The van der Waals surface area contributed by atoms with E-state index in [1.54, 1.807) is 7.11 Å². The van der Waals surface area contributed by atoms with Gasteiger partial charge in [-0.15, -0.1) is 0 Å². The lowest BCUT2D eigenvalue weighted by Gasteiger charge is -2.40. The Morgan fingerprint density at radius 3 is 2.45 bits per heavy atom. The van der Waals surface area contributed by atoms with Crippen molar-refractivity contribution < 1.29 is 4.74 Å². The summed E-state index contributed by atoms with van der Waals surface area (Å²) >= 11 is 0. The van der Waals surface area contributed by atoms with Gasteiger partial charge in [-0.05, 0) is 43.2 Å². The van der Waals surface area contributed by atoms with E-state index in [9.17, 15) is 5.26 Å². The van der Waals surface area contributed by atoms with Gasteiger partial charge in [0.1, 0.15) is 11.8 Å². The summed E-state index contributed by atoms with van der Waals surface area (Å²) in [7, 11) is 1.68. The van der Waals surface area contributed by atoms with Crippen LogP contribution in [0.4, 0.5) is 5.69 Å². The zero-order valence-corrected chi connectivity index (χ0v) is 12.2. The predicted octanol–water partition coefficient (Wildman–Crippen LogP) is 3.73. The minimum Gasteiger partial charge on any atom is -0.497 e. The summed E-state index contributed by atoms with van der Waals surface area (Å²) in [5.41, 5.74) is 2.41. The Morgan fingerprint density at radius 1 is 1.15 bits per heavy atom. The summed E-state index contributed by atoms with van der Waals surface area (Å²) in [4.78, 5) is 2.37. The number of nitrogens with zero attached hydrogens (tertiary/aromatic N) is 2. The lowest BCUT2D eigenvalue weighted by Crippen LogP contribution is -2.39. The molecule has 1 spiro atoms. The molecule has 1 aliphatic heterocycles. The Hall–Kier alpha value is -1.69. The molecule has 1 heterocycles. The van der Waals surface area contributed by atoms with Gasteiger partial charge in [-0.25, -0.2) is 0 Å². The van der Waals surface area contributed by atoms with E-state index < -0.39 is 0 Å². The van der Waals surface area contributed by atoms with Gasteiger partial charge in [0.25, 0.3) is 0 Å². The van der Waals surface area contributed by atoms with Gasteiger partial charge in [0.05, 0.1) is 18.4 Å². The molecule has 3 nitrogen and oxygen atoms in total. The number of ether oxygens (including phenoxy) is 1. The van der Waals surface area contributed by atoms with Gasteiger partial charge in [0.15, 0.2) is 0 Å². The molecule has 1 aromatic rings. The number of nitriles is 1. The van der Waals surface area contributed by atoms with Crippen molar-refractivity contribution in [1.82, 2.24) is 0 Å². The highest BCUT2D eigenvalue weighted by molar-refractivity contribution is 5.62. The van der Waals surface area contributed by atoms with Crippen LogP contribution < -0.4 is 9.64 Å². The van der Waals surface area contributed by atoms with Crippen LogP contribution in [0.5, 0.6) is 5.75 Å². The first-order valence-corrected chi connectivity index (χ1v) is 7.59. The van der Waals surface area contributed by atoms with E-state index in [1.165, 1.54) is 38.5 Å². The standard InChI is InChI=1S/C17H22N2O/c1-20-15-5-4-14(13-18)16(12-15)19-10-8-17(9-11-19)6-2-3-7-17/h4-5,12H,2-3,6-11H2,1H3. The molecule has 2 aliphatic rings. The minimum absolute atomic E-state index is 0.613. The Kier molecular flexibility index (Phi) is 3.56. The highest BCUT2D eigenvalue weighted by Gasteiger charge is 2.37. The molecule has 0 N–H and O–H groups in total. The maximum atomic E-state index is 9.30. The molecule has 0 atom stereocenters. The normalized spacial score (nSPS) is 20.9. The van der Waals surface area contributed by atoms with Crippen LogP contribution in [0.1, 0.15) is 44.1 Å². The average molecular weight is 270 g/mol. The number of hydrogen-bond acceptors (Lipinski definition) is 3. The van der Waals surface area contributed by atoms with Crippen LogP contribution in [-0.4, -0.2) is 20.2 Å². The minimum atomic E-state index is 0.613. The molecular formula is C17H22N2O. The maximum absolute atomic E-state index is 9.30. The highest BCUT2D eigenvalue weighted by Crippen LogP contribution is 2.47. The third-order valence-corrected chi connectivity index (χ3v) is 5.15. The molecule has 1 saturated carbocycles. The Bertz CT molecular complexity index is 516. The molecule has 3 heteroatoms. The third-order valence-electron chi connectivity index (χ3n) is 5.15. The molecule has 0 radical (unpaired) electrons. The van der Waals surface area contributed by atoms with E-state index in [0.717, 1.165) is 30.1 Å². The van der Waals surface area contributed by atoms with Crippen molar-refractivity contribution in [2.24, 2.45) is 5.41 Å². The monoisotopic (exact) mass is 270 g/mol. The molecule has 106 valence electrons. The second-order valence-electron chi connectivity index (χ2n) is 6.19. The fraction of sp³-hybridized carbons (Fsp3) is 0.588. The van der Waals surface area contributed by atoms with Crippen LogP contribution in [0.2, 0.25) is 0 Å². The quantitative estimate of drug-likeness (QED) is 0.821. The first-order chi connectivity index (χ1) is 9.76. The van der Waals surface area contributed by atoms with Crippen LogP contribution in [0.15, 0.2) is 18.2 Å². The average Bonchev–Trinajstić information content (AvgIpc) is 2.95. The van der Waals surface area contributed by atoms with Crippen molar-refractivity contribution in [2.45, 2.75) is 38.5 Å². The maximum Gasteiger partial charge on any atom is 0.121 e. The zero-order valence-electron chi connectivity index (χ0n) is 12.2. The summed E-state index contributed by atoms with van der Waals surface area (Å²) in [6.45, 7) is 2.14. The van der Waals surface area contributed by atoms with Gasteiger partial charge in [0.2, 0.25) is 0 Å². The van der Waals surface area contributed by atoms with Crippen LogP contribution in [-0.2, 0) is 0 Å². The van der Waals surface area contributed by atoms with Crippen molar-refractivity contribution in [3.05, 3.63) is 23.8 Å². The molecule has 0 aromatic heterocycles. The summed E-state index contributed by atoms with van der Waals surface area (Å²) < 4.78 is 5.30.